The van der Waals surface area contributed by atoms with Crippen molar-refractivity contribution >= 4 is 12.1 Å². The maximum atomic E-state index is 12.4. The van der Waals surface area contributed by atoms with Crippen LogP contribution in [0.4, 0.5) is 4.79 Å². The van der Waals surface area contributed by atoms with Crippen LogP contribution in [-0.4, -0.2) is 42.9 Å². The van der Waals surface area contributed by atoms with Crippen LogP contribution < -0.4 is 10.6 Å². The first kappa shape index (κ1) is 18.5. The van der Waals surface area contributed by atoms with E-state index in [-0.39, 0.29) is 30.9 Å². The van der Waals surface area contributed by atoms with Crippen molar-refractivity contribution in [2.24, 2.45) is 5.92 Å². The summed E-state index contributed by atoms with van der Waals surface area (Å²) in [5, 5.41) is 15.1. The first-order chi connectivity index (χ1) is 13.6. The number of hydrogen-bond donors (Lipinski definition) is 3. The SMILES string of the molecule is O=C(O)CC1CNCCC1NC(=O)OCC1c2ccccc2-c2ccccc21. The Morgan fingerprint density at radius 2 is 1.71 bits per heavy atom. The second-order valence-corrected chi connectivity index (χ2v) is 7.43. The summed E-state index contributed by atoms with van der Waals surface area (Å²) in [6.45, 7) is 1.60. The van der Waals surface area contributed by atoms with Gasteiger partial charge in [-0.25, -0.2) is 4.79 Å². The van der Waals surface area contributed by atoms with E-state index in [0.717, 1.165) is 6.54 Å². The van der Waals surface area contributed by atoms with E-state index in [0.29, 0.717) is 13.0 Å². The summed E-state index contributed by atoms with van der Waals surface area (Å²) in [6, 6.07) is 16.2. The van der Waals surface area contributed by atoms with Crippen LogP contribution in [0.3, 0.4) is 0 Å². The fourth-order valence-corrected chi connectivity index (χ4v) is 4.34. The van der Waals surface area contributed by atoms with E-state index in [4.69, 9.17) is 9.84 Å². The Hall–Kier alpha value is -2.86. The molecule has 2 aromatic rings. The number of carboxylic acids is 1. The number of amides is 1. The van der Waals surface area contributed by atoms with Gasteiger partial charge in [-0.05, 0) is 35.2 Å². The van der Waals surface area contributed by atoms with Crippen molar-refractivity contribution in [1.29, 1.82) is 0 Å². The minimum absolute atomic E-state index is 0.0148. The molecule has 2 aromatic carbocycles. The van der Waals surface area contributed by atoms with Crippen molar-refractivity contribution < 1.29 is 19.4 Å². The molecule has 1 saturated heterocycles. The molecule has 2 unspecified atom stereocenters. The number of carbonyl (C=O) groups excluding carboxylic acids is 1. The Labute approximate surface area is 163 Å². The number of carbonyl (C=O) groups is 2. The van der Waals surface area contributed by atoms with E-state index >= 15 is 0 Å². The van der Waals surface area contributed by atoms with E-state index in [9.17, 15) is 9.59 Å². The molecule has 1 aliphatic heterocycles. The smallest absolute Gasteiger partial charge is 0.407 e. The Balaban J connectivity index is 1.42. The summed E-state index contributed by atoms with van der Waals surface area (Å²) in [5.74, 6) is -0.972. The zero-order valence-corrected chi connectivity index (χ0v) is 15.6. The minimum Gasteiger partial charge on any atom is -0.481 e. The van der Waals surface area contributed by atoms with Gasteiger partial charge in [0.05, 0.1) is 6.42 Å². The molecule has 146 valence electrons. The highest BCUT2D eigenvalue weighted by Crippen LogP contribution is 2.44. The van der Waals surface area contributed by atoms with Gasteiger partial charge >= 0.3 is 12.1 Å². The molecule has 0 spiro atoms. The summed E-state index contributed by atoms with van der Waals surface area (Å²) < 4.78 is 5.58. The number of carboxylic acid groups (broad SMARTS) is 1. The van der Waals surface area contributed by atoms with Gasteiger partial charge in [-0.3, -0.25) is 4.79 Å². The highest BCUT2D eigenvalue weighted by Gasteiger charge is 2.31. The monoisotopic (exact) mass is 380 g/mol. The molecule has 6 heteroatoms. The number of fused-ring (bicyclic) bond motifs is 3. The lowest BCUT2D eigenvalue weighted by molar-refractivity contribution is -0.138. The Kier molecular flexibility index (Phi) is 5.30. The molecule has 3 N–H and O–H groups in total. The summed E-state index contributed by atoms with van der Waals surface area (Å²) in [7, 11) is 0. The maximum absolute atomic E-state index is 12.4. The van der Waals surface area contributed by atoms with Gasteiger partial charge in [-0.2, -0.15) is 0 Å². The largest absolute Gasteiger partial charge is 0.481 e. The normalized spacial score (nSPS) is 20.9. The lowest BCUT2D eigenvalue weighted by atomic mass is 9.90. The fraction of sp³-hybridized carbons (Fsp3) is 0.364. The predicted octanol–water partition coefficient (Wildman–Crippen LogP) is 2.98. The van der Waals surface area contributed by atoms with Crippen molar-refractivity contribution in [1.82, 2.24) is 10.6 Å². The van der Waals surface area contributed by atoms with Gasteiger partial charge in [0.25, 0.3) is 0 Å². The minimum atomic E-state index is -0.854. The molecule has 1 amide bonds. The molecule has 1 heterocycles. The molecule has 28 heavy (non-hydrogen) atoms. The van der Waals surface area contributed by atoms with E-state index in [1.165, 1.54) is 22.3 Å². The topological polar surface area (TPSA) is 87.7 Å². The molecular weight excluding hydrogens is 356 g/mol. The molecule has 2 aliphatic rings. The third-order valence-electron chi connectivity index (χ3n) is 5.69. The van der Waals surface area contributed by atoms with Crippen LogP contribution in [0.15, 0.2) is 48.5 Å². The Morgan fingerprint density at radius 1 is 1.07 bits per heavy atom. The standard InChI is InChI=1S/C22H24N2O4/c25-21(26)11-14-12-23-10-9-20(14)24-22(27)28-13-19-17-7-3-1-5-15(17)16-6-2-4-8-18(16)19/h1-8,14,19-20,23H,9-13H2,(H,24,27)(H,25,26). The first-order valence-electron chi connectivity index (χ1n) is 9.67. The van der Waals surface area contributed by atoms with Crippen LogP contribution in [0.1, 0.15) is 29.9 Å². The highest BCUT2D eigenvalue weighted by molar-refractivity contribution is 5.79. The Morgan fingerprint density at radius 3 is 2.36 bits per heavy atom. The van der Waals surface area contributed by atoms with Gasteiger partial charge in [-0.1, -0.05) is 48.5 Å². The number of hydrogen-bond acceptors (Lipinski definition) is 4. The Bertz CT molecular complexity index is 837. The number of ether oxygens (including phenoxy) is 1. The molecular formula is C22H24N2O4. The lowest BCUT2D eigenvalue weighted by Crippen LogP contribution is -2.50. The van der Waals surface area contributed by atoms with E-state index in [2.05, 4.69) is 34.9 Å². The quantitative estimate of drug-likeness (QED) is 0.742. The molecule has 0 bridgehead atoms. The molecule has 6 nitrogen and oxygen atoms in total. The first-order valence-corrected chi connectivity index (χ1v) is 9.67. The number of alkyl carbamates (subject to hydrolysis) is 1. The molecule has 2 atom stereocenters. The lowest BCUT2D eigenvalue weighted by Gasteiger charge is -2.31. The van der Waals surface area contributed by atoms with Crippen LogP contribution in [0.5, 0.6) is 0 Å². The van der Waals surface area contributed by atoms with Gasteiger partial charge in [0.15, 0.2) is 0 Å². The van der Waals surface area contributed by atoms with Crippen LogP contribution in [0, 0.1) is 5.92 Å². The van der Waals surface area contributed by atoms with Gasteiger partial charge in [0.1, 0.15) is 6.61 Å². The van der Waals surface area contributed by atoms with Crippen molar-refractivity contribution in [3.8, 4) is 11.1 Å². The third-order valence-corrected chi connectivity index (χ3v) is 5.69. The van der Waals surface area contributed by atoms with E-state index in [1.54, 1.807) is 0 Å². The summed E-state index contributed by atoms with van der Waals surface area (Å²) >= 11 is 0. The number of piperidine rings is 1. The van der Waals surface area contributed by atoms with Gasteiger partial charge in [0, 0.05) is 24.4 Å². The maximum Gasteiger partial charge on any atom is 0.407 e. The predicted molar refractivity (Wildman–Crippen MR) is 105 cm³/mol. The van der Waals surface area contributed by atoms with Crippen LogP contribution in [-0.2, 0) is 9.53 Å². The molecule has 0 aromatic heterocycles. The van der Waals surface area contributed by atoms with Gasteiger partial charge < -0.3 is 20.5 Å². The number of nitrogens with one attached hydrogen (secondary N) is 2. The summed E-state index contributed by atoms with van der Waals surface area (Å²) in [6.07, 6.45) is 0.243. The fourth-order valence-electron chi connectivity index (χ4n) is 4.34. The molecule has 0 saturated carbocycles. The summed E-state index contributed by atoms with van der Waals surface area (Å²) in [5.41, 5.74) is 4.71. The van der Waals surface area contributed by atoms with Crippen molar-refractivity contribution in [2.45, 2.75) is 24.8 Å². The molecule has 1 fully saturated rings. The number of aliphatic carboxylic acids is 1. The van der Waals surface area contributed by atoms with Crippen molar-refractivity contribution in [3.63, 3.8) is 0 Å². The van der Waals surface area contributed by atoms with Gasteiger partial charge in [-0.15, -0.1) is 0 Å². The molecule has 0 radical (unpaired) electrons. The highest BCUT2D eigenvalue weighted by atomic mass is 16.5. The van der Waals surface area contributed by atoms with E-state index in [1.807, 2.05) is 24.3 Å². The number of rotatable bonds is 5. The zero-order chi connectivity index (χ0) is 19.5. The molecule has 1 aliphatic carbocycles. The van der Waals surface area contributed by atoms with Gasteiger partial charge in [0.2, 0.25) is 0 Å². The second kappa shape index (κ2) is 8.02. The molecule has 4 rings (SSSR count). The summed E-state index contributed by atoms with van der Waals surface area (Å²) in [4.78, 5) is 23.5. The average Bonchev–Trinajstić information content (AvgIpc) is 3.01. The van der Waals surface area contributed by atoms with Crippen LogP contribution in [0.2, 0.25) is 0 Å². The average molecular weight is 380 g/mol. The number of benzene rings is 2. The third kappa shape index (κ3) is 3.73. The van der Waals surface area contributed by atoms with Crippen LogP contribution >= 0.6 is 0 Å². The van der Waals surface area contributed by atoms with E-state index < -0.39 is 12.1 Å². The zero-order valence-electron chi connectivity index (χ0n) is 15.6. The van der Waals surface area contributed by atoms with Crippen LogP contribution in [0.25, 0.3) is 11.1 Å². The van der Waals surface area contributed by atoms with Crippen molar-refractivity contribution in [2.75, 3.05) is 19.7 Å². The second-order valence-electron chi connectivity index (χ2n) is 7.43. The van der Waals surface area contributed by atoms with Crippen molar-refractivity contribution in [3.05, 3.63) is 59.7 Å².